The summed E-state index contributed by atoms with van der Waals surface area (Å²) in [6.45, 7) is 0. The number of pyridine rings is 1. The molecule has 0 aliphatic carbocycles. The summed E-state index contributed by atoms with van der Waals surface area (Å²) in [5.41, 5.74) is 3.47. The molecule has 5 nitrogen and oxygen atoms in total. The highest BCUT2D eigenvalue weighted by molar-refractivity contribution is 5.42. The number of methoxy groups -OCH3 is 2. The van der Waals surface area contributed by atoms with Gasteiger partial charge in [0.2, 0.25) is 0 Å². The molecule has 1 heterocycles. The molecule has 1 unspecified atom stereocenters. The van der Waals surface area contributed by atoms with E-state index in [0.29, 0.717) is 17.1 Å². The Hall–Kier alpha value is -2.18. The molecule has 0 saturated carbocycles. The summed E-state index contributed by atoms with van der Waals surface area (Å²) in [6.07, 6.45) is 1.51. The average molecular weight is 277 g/mol. The first kappa shape index (κ1) is 14.2. The standard InChI is InChI=1S/C14H16FN3O2/c1-19-10-6-9(7-11(8-10)20-2)13(18-16)14-12(15)4-3-5-17-14/h3-8,13,18H,16H2,1-2H3. The van der Waals surface area contributed by atoms with Crippen LogP contribution in [0.4, 0.5) is 4.39 Å². The summed E-state index contributed by atoms with van der Waals surface area (Å²) in [6, 6.07) is 7.50. The fraction of sp³-hybridized carbons (Fsp3) is 0.214. The highest BCUT2D eigenvalue weighted by atomic mass is 19.1. The summed E-state index contributed by atoms with van der Waals surface area (Å²) in [4.78, 5) is 4.04. The van der Waals surface area contributed by atoms with Gasteiger partial charge in [-0.2, -0.15) is 0 Å². The van der Waals surface area contributed by atoms with Gasteiger partial charge in [-0.05, 0) is 29.8 Å². The van der Waals surface area contributed by atoms with Crippen LogP contribution in [0, 0.1) is 5.82 Å². The maximum absolute atomic E-state index is 13.9. The molecule has 2 rings (SSSR count). The first-order valence-corrected chi connectivity index (χ1v) is 5.99. The van der Waals surface area contributed by atoms with E-state index in [9.17, 15) is 4.39 Å². The molecule has 6 heteroatoms. The largest absolute Gasteiger partial charge is 0.497 e. The number of halogens is 1. The lowest BCUT2D eigenvalue weighted by atomic mass is 10.0. The van der Waals surface area contributed by atoms with Gasteiger partial charge in [-0.3, -0.25) is 10.8 Å². The molecule has 1 aromatic heterocycles. The van der Waals surface area contributed by atoms with Crippen LogP contribution in [0.2, 0.25) is 0 Å². The maximum atomic E-state index is 13.9. The van der Waals surface area contributed by atoms with Crippen molar-refractivity contribution in [1.29, 1.82) is 0 Å². The van der Waals surface area contributed by atoms with Crippen molar-refractivity contribution in [2.45, 2.75) is 6.04 Å². The molecule has 0 fully saturated rings. The Bertz CT molecular complexity index is 570. The number of aromatic nitrogens is 1. The number of nitrogens with one attached hydrogen (secondary N) is 1. The van der Waals surface area contributed by atoms with Gasteiger partial charge in [-0.15, -0.1) is 0 Å². The van der Waals surface area contributed by atoms with E-state index in [-0.39, 0.29) is 5.69 Å². The summed E-state index contributed by atoms with van der Waals surface area (Å²) >= 11 is 0. The van der Waals surface area contributed by atoms with E-state index in [1.54, 1.807) is 32.4 Å². The third kappa shape index (κ3) is 2.87. The van der Waals surface area contributed by atoms with Crippen molar-refractivity contribution in [3.8, 4) is 11.5 Å². The second-order valence-corrected chi connectivity index (χ2v) is 4.12. The first-order chi connectivity index (χ1) is 9.69. The van der Waals surface area contributed by atoms with Crippen molar-refractivity contribution >= 4 is 0 Å². The van der Waals surface area contributed by atoms with Crippen molar-refractivity contribution in [1.82, 2.24) is 10.4 Å². The Balaban J connectivity index is 2.49. The van der Waals surface area contributed by atoms with Gasteiger partial charge in [0.15, 0.2) is 0 Å². The van der Waals surface area contributed by atoms with Gasteiger partial charge < -0.3 is 9.47 Å². The number of hydrogen-bond acceptors (Lipinski definition) is 5. The summed E-state index contributed by atoms with van der Waals surface area (Å²) in [5, 5.41) is 0. The zero-order valence-electron chi connectivity index (χ0n) is 11.3. The van der Waals surface area contributed by atoms with Crippen LogP contribution in [0.3, 0.4) is 0 Å². The topological polar surface area (TPSA) is 69.4 Å². The fourth-order valence-electron chi connectivity index (χ4n) is 1.94. The normalized spacial score (nSPS) is 12.0. The van der Waals surface area contributed by atoms with E-state index in [0.717, 1.165) is 0 Å². The van der Waals surface area contributed by atoms with E-state index < -0.39 is 11.9 Å². The predicted molar refractivity (Wildman–Crippen MR) is 72.9 cm³/mol. The van der Waals surface area contributed by atoms with E-state index in [1.165, 1.54) is 18.3 Å². The number of hydrogen-bond donors (Lipinski definition) is 2. The Labute approximate surface area is 116 Å². The molecule has 20 heavy (non-hydrogen) atoms. The number of rotatable bonds is 5. The third-order valence-corrected chi connectivity index (χ3v) is 2.93. The van der Waals surface area contributed by atoms with Crippen molar-refractivity contribution in [3.63, 3.8) is 0 Å². The molecule has 0 spiro atoms. The highest BCUT2D eigenvalue weighted by Gasteiger charge is 2.19. The molecule has 0 aliphatic rings. The van der Waals surface area contributed by atoms with Crippen LogP contribution in [0.25, 0.3) is 0 Å². The zero-order valence-corrected chi connectivity index (χ0v) is 11.3. The van der Waals surface area contributed by atoms with E-state index in [4.69, 9.17) is 15.3 Å². The van der Waals surface area contributed by atoms with Gasteiger partial charge in [0, 0.05) is 12.3 Å². The van der Waals surface area contributed by atoms with Crippen molar-refractivity contribution in [2.75, 3.05) is 14.2 Å². The molecule has 106 valence electrons. The van der Waals surface area contributed by atoms with Gasteiger partial charge in [-0.25, -0.2) is 9.82 Å². The number of ether oxygens (including phenoxy) is 2. The molecule has 3 N–H and O–H groups in total. The van der Waals surface area contributed by atoms with Gasteiger partial charge >= 0.3 is 0 Å². The monoisotopic (exact) mass is 277 g/mol. The van der Waals surface area contributed by atoms with Crippen LogP contribution >= 0.6 is 0 Å². The molecular weight excluding hydrogens is 261 g/mol. The fourth-order valence-corrected chi connectivity index (χ4v) is 1.94. The SMILES string of the molecule is COc1cc(OC)cc(C(NN)c2ncccc2F)c1. The summed E-state index contributed by atoms with van der Waals surface area (Å²) < 4.78 is 24.2. The number of hydrazine groups is 1. The van der Waals surface area contributed by atoms with Crippen LogP contribution in [0.5, 0.6) is 11.5 Å². The Kier molecular flexibility index (Phi) is 4.49. The van der Waals surface area contributed by atoms with Crippen LogP contribution in [-0.4, -0.2) is 19.2 Å². The molecule has 0 saturated heterocycles. The lowest BCUT2D eigenvalue weighted by molar-refractivity contribution is 0.392. The van der Waals surface area contributed by atoms with Crippen molar-refractivity contribution in [3.05, 3.63) is 53.6 Å². The van der Waals surface area contributed by atoms with E-state index >= 15 is 0 Å². The minimum atomic E-state index is -0.597. The average Bonchev–Trinajstić information content (AvgIpc) is 2.49. The van der Waals surface area contributed by atoms with Gasteiger partial charge in [0.1, 0.15) is 17.3 Å². The molecule has 2 aromatic rings. The molecular formula is C14H16FN3O2. The predicted octanol–water partition coefficient (Wildman–Crippen LogP) is 1.79. The second kappa shape index (κ2) is 6.31. The van der Waals surface area contributed by atoms with Crippen molar-refractivity contribution < 1.29 is 13.9 Å². The van der Waals surface area contributed by atoms with Crippen LogP contribution < -0.4 is 20.7 Å². The minimum absolute atomic E-state index is 0.213. The molecule has 0 bridgehead atoms. The summed E-state index contributed by atoms with van der Waals surface area (Å²) in [7, 11) is 3.09. The smallest absolute Gasteiger partial charge is 0.146 e. The molecule has 0 aliphatic heterocycles. The number of nitrogens with zero attached hydrogens (tertiary/aromatic N) is 1. The first-order valence-electron chi connectivity index (χ1n) is 5.99. The van der Waals surface area contributed by atoms with E-state index in [2.05, 4.69) is 10.4 Å². The van der Waals surface area contributed by atoms with Crippen LogP contribution in [0.15, 0.2) is 36.5 Å². The zero-order chi connectivity index (χ0) is 14.5. The third-order valence-electron chi connectivity index (χ3n) is 2.93. The molecule has 1 aromatic carbocycles. The second-order valence-electron chi connectivity index (χ2n) is 4.12. The number of benzene rings is 1. The Morgan fingerprint density at radius 1 is 1.20 bits per heavy atom. The van der Waals surface area contributed by atoms with Gasteiger partial charge in [0.25, 0.3) is 0 Å². The van der Waals surface area contributed by atoms with Crippen LogP contribution in [-0.2, 0) is 0 Å². The van der Waals surface area contributed by atoms with Gasteiger partial charge in [0.05, 0.1) is 26.0 Å². The lowest BCUT2D eigenvalue weighted by Gasteiger charge is -2.18. The van der Waals surface area contributed by atoms with E-state index in [1.807, 2.05) is 0 Å². The van der Waals surface area contributed by atoms with Crippen molar-refractivity contribution in [2.24, 2.45) is 5.84 Å². The lowest BCUT2D eigenvalue weighted by Crippen LogP contribution is -2.30. The highest BCUT2D eigenvalue weighted by Crippen LogP contribution is 2.29. The quantitative estimate of drug-likeness (QED) is 0.644. The summed E-state index contributed by atoms with van der Waals surface area (Å²) in [5.74, 6) is 6.30. The molecule has 0 radical (unpaired) electrons. The van der Waals surface area contributed by atoms with Crippen LogP contribution in [0.1, 0.15) is 17.3 Å². The minimum Gasteiger partial charge on any atom is -0.497 e. The Morgan fingerprint density at radius 3 is 2.35 bits per heavy atom. The van der Waals surface area contributed by atoms with Gasteiger partial charge in [-0.1, -0.05) is 0 Å². The molecule has 1 atom stereocenters. The number of nitrogens with two attached hydrogens (primary N) is 1. The Morgan fingerprint density at radius 2 is 1.85 bits per heavy atom. The maximum Gasteiger partial charge on any atom is 0.146 e. The molecule has 0 amide bonds.